The van der Waals surface area contributed by atoms with Gasteiger partial charge in [0.15, 0.2) is 5.69 Å². The topological polar surface area (TPSA) is 62.2 Å². The van der Waals surface area contributed by atoms with Crippen molar-refractivity contribution in [3.63, 3.8) is 0 Å². The van der Waals surface area contributed by atoms with Gasteiger partial charge in [0.1, 0.15) is 5.75 Å². The van der Waals surface area contributed by atoms with Gasteiger partial charge in [0, 0.05) is 17.8 Å². The summed E-state index contributed by atoms with van der Waals surface area (Å²) in [6, 6.07) is 9.18. The molecule has 0 spiro atoms. The summed E-state index contributed by atoms with van der Waals surface area (Å²) in [6.45, 7) is 0.478. The van der Waals surface area contributed by atoms with Gasteiger partial charge in [-0.1, -0.05) is 30.2 Å². The zero-order chi connectivity index (χ0) is 16.2. The molecule has 2 N–H and O–H groups in total. The molecule has 1 fully saturated rings. The van der Waals surface area contributed by atoms with Crippen molar-refractivity contribution in [3.05, 3.63) is 58.4 Å². The van der Waals surface area contributed by atoms with E-state index in [0.29, 0.717) is 23.9 Å². The summed E-state index contributed by atoms with van der Waals surface area (Å²) in [4.78, 5) is 16.3. The minimum atomic E-state index is -0.350. The normalized spacial score (nSPS) is 14.3. The Balaban J connectivity index is 1.56. The first kappa shape index (κ1) is 15.8. The number of nitrogens with one attached hydrogen (secondary N) is 1. The minimum Gasteiger partial charge on any atom is -0.505 e. The van der Waals surface area contributed by atoms with Crippen LogP contribution in [0.25, 0.3) is 0 Å². The Morgan fingerprint density at radius 2 is 2.04 bits per heavy atom. The van der Waals surface area contributed by atoms with Gasteiger partial charge in [-0.25, -0.2) is 4.98 Å². The maximum absolute atomic E-state index is 12.1. The number of hydrogen-bond donors (Lipinski definition) is 2. The highest BCUT2D eigenvalue weighted by Gasteiger charge is 2.22. The van der Waals surface area contributed by atoms with Gasteiger partial charge in [-0.15, -0.1) is 0 Å². The van der Waals surface area contributed by atoms with Gasteiger partial charge in [0.05, 0.1) is 0 Å². The summed E-state index contributed by atoms with van der Waals surface area (Å²) in [5.74, 6) is 0.0884. The van der Waals surface area contributed by atoms with Crippen LogP contribution in [0.1, 0.15) is 46.8 Å². The zero-order valence-electron chi connectivity index (χ0n) is 12.8. The number of halogens is 1. The number of aromatic nitrogens is 1. The van der Waals surface area contributed by atoms with Gasteiger partial charge in [0.25, 0.3) is 5.91 Å². The molecule has 2 aromatic rings. The predicted molar refractivity (Wildman–Crippen MR) is 90.0 cm³/mol. The van der Waals surface area contributed by atoms with Crippen LogP contribution in [0.2, 0.25) is 5.02 Å². The molecule has 1 heterocycles. The smallest absolute Gasteiger partial charge is 0.273 e. The van der Waals surface area contributed by atoms with E-state index < -0.39 is 0 Å². The van der Waals surface area contributed by atoms with Crippen molar-refractivity contribution in [3.8, 4) is 5.75 Å². The number of aromatic hydroxyl groups is 1. The van der Waals surface area contributed by atoms with E-state index in [1.807, 2.05) is 24.3 Å². The first-order chi connectivity index (χ1) is 11.1. The number of benzene rings is 1. The maximum Gasteiger partial charge on any atom is 0.273 e. The average Bonchev–Trinajstić information content (AvgIpc) is 2.47. The second-order valence-corrected chi connectivity index (χ2v) is 6.33. The van der Waals surface area contributed by atoms with Crippen LogP contribution in [0.5, 0.6) is 5.75 Å². The lowest BCUT2D eigenvalue weighted by atomic mass is 9.80. The molecule has 23 heavy (non-hydrogen) atoms. The van der Waals surface area contributed by atoms with Crippen molar-refractivity contribution >= 4 is 17.5 Å². The molecule has 0 radical (unpaired) electrons. The van der Waals surface area contributed by atoms with Crippen LogP contribution in [0, 0.1) is 0 Å². The molecule has 1 amide bonds. The van der Waals surface area contributed by atoms with Gasteiger partial charge < -0.3 is 10.4 Å². The SMILES string of the molecule is O=C(NCCc1ccc(Cl)cc1)c1ncc(C2CCC2)cc1O. The fraction of sp³-hybridized carbons (Fsp3) is 0.333. The second kappa shape index (κ2) is 7.01. The van der Waals surface area contributed by atoms with Crippen molar-refractivity contribution in [1.29, 1.82) is 0 Å². The maximum atomic E-state index is 12.1. The van der Waals surface area contributed by atoms with Gasteiger partial charge >= 0.3 is 0 Å². The molecule has 5 heteroatoms. The largest absolute Gasteiger partial charge is 0.505 e. The van der Waals surface area contributed by atoms with E-state index >= 15 is 0 Å². The molecule has 0 aliphatic heterocycles. The number of pyridine rings is 1. The van der Waals surface area contributed by atoms with Crippen molar-refractivity contribution in [2.75, 3.05) is 6.54 Å². The fourth-order valence-electron chi connectivity index (χ4n) is 2.66. The fourth-order valence-corrected chi connectivity index (χ4v) is 2.79. The van der Waals surface area contributed by atoms with Crippen LogP contribution in [0.3, 0.4) is 0 Å². The predicted octanol–water partition coefficient (Wildman–Crippen LogP) is 3.68. The van der Waals surface area contributed by atoms with Crippen molar-refractivity contribution in [2.24, 2.45) is 0 Å². The summed E-state index contributed by atoms with van der Waals surface area (Å²) >= 11 is 5.84. The Labute approximate surface area is 140 Å². The van der Waals surface area contributed by atoms with Crippen LogP contribution in [0.4, 0.5) is 0 Å². The van der Waals surface area contributed by atoms with E-state index in [1.165, 1.54) is 6.42 Å². The summed E-state index contributed by atoms with van der Waals surface area (Å²) in [5, 5.41) is 13.5. The molecule has 1 aromatic carbocycles. The summed E-state index contributed by atoms with van der Waals surface area (Å²) < 4.78 is 0. The Morgan fingerprint density at radius 1 is 1.30 bits per heavy atom. The molecule has 1 aromatic heterocycles. The molecule has 3 rings (SSSR count). The number of amides is 1. The molecule has 0 bridgehead atoms. The quantitative estimate of drug-likeness (QED) is 0.879. The Kier molecular flexibility index (Phi) is 4.82. The van der Waals surface area contributed by atoms with Crippen LogP contribution >= 0.6 is 11.6 Å². The van der Waals surface area contributed by atoms with Crippen LogP contribution in [-0.4, -0.2) is 22.5 Å². The minimum absolute atomic E-state index is 0.0432. The highest BCUT2D eigenvalue weighted by molar-refractivity contribution is 6.30. The second-order valence-electron chi connectivity index (χ2n) is 5.90. The number of nitrogens with zero attached hydrogens (tertiary/aromatic N) is 1. The summed E-state index contributed by atoms with van der Waals surface area (Å²) in [5.41, 5.74) is 2.20. The first-order valence-electron chi connectivity index (χ1n) is 7.85. The molecule has 120 valence electrons. The van der Waals surface area contributed by atoms with Crippen molar-refractivity contribution < 1.29 is 9.90 Å². The summed E-state index contributed by atoms with van der Waals surface area (Å²) in [7, 11) is 0. The van der Waals surface area contributed by atoms with E-state index in [-0.39, 0.29) is 17.4 Å². The summed E-state index contributed by atoms with van der Waals surface area (Å²) in [6.07, 6.45) is 5.89. The number of carbonyl (C=O) groups is 1. The highest BCUT2D eigenvalue weighted by Crippen LogP contribution is 2.37. The van der Waals surface area contributed by atoms with E-state index in [2.05, 4.69) is 10.3 Å². The molecule has 1 saturated carbocycles. The molecule has 1 aliphatic carbocycles. The van der Waals surface area contributed by atoms with E-state index in [4.69, 9.17) is 11.6 Å². The lowest BCUT2D eigenvalue weighted by Gasteiger charge is -2.25. The zero-order valence-corrected chi connectivity index (χ0v) is 13.5. The highest BCUT2D eigenvalue weighted by atomic mass is 35.5. The number of hydrogen-bond acceptors (Lipinski definition) is 3. The first-order valence-corrected chi connectivity index (χ1v) is 8.23. The van der Waals surface area contributed by atoms with Crippen LogP contribution < -0.4 is 5.32 Å². The van der Waals surface area contributed by atoms with E-state index in [9.17, 15) is 9.90 Å². The standard InChI is InChI=1S/C18H19ClN2O2/c19-15-6-4-12(5-7-15)8-9-20-18(23)17-16(22)10-14(11-21-17)13-2-1-3-13/h4-7,10-11,13,22H,1-3,8-9H2,(H,20,23). The third kappa shape index (κ3) is 3.82. The number of rotatable bonds is 5. The van der Waals surface area contributed by atoms with Crippen molar-refractivity contribution in [2.45, 2.75) is 31.6 Å². The van der Waals surface area contributed by atoms with E-state index in [1.54, 1.807) is 12.3 Å². The average molecular weight is 331 g/mol. The Morgan fingerprint density at radius 3 is 2.65 bits per heavy atom. The molecular formula is C18H19ClN2O2. The number of carbonyl (C=O) groups excluding carboxylic acids is 1. The van der Waals surface area contributed by atoms with Gasteiger partial charge in [-0.05, 0) is 54.5 Å². The Hall–Kier alpha value is -2.07. The van der Waals surface area contributed by atoms with Crippen LogP contribution in [0.15, 0.2) is 36.5 Å². The molecule has 0 unspecified atom stereocenters. The lowest BCUT2D eigenvalue weighted by Crippen LogP contribution is -2.26. The monoisotopic (exact) mass is 330 g/mol. The van der Waals surface area contributed by atoms with Gasteiger partial charge in [-0.2, -0.15) is 0 Å². The van der Waals surface area contributed by atoms with E-state index in [0.717, 1.165) is 24.0 Å². The molecule has 1 aliphatic rings. The van der Waals surface area contributed by atoms with Gasteiger partial charge in [0.2, 0.25) is 0 Å². The third-order valence-electron chi connectivity index (χ3n) is 4.29. The Bertz CT molecular complexity index is 697. The third-order valence-corrected chi connectivity index (χ3v) is 4.54. The lowest BCUT2D eigenvalue weighted by molar-refractivity contribution is 0.0946. The molecule has 0 atom stereocenters. The van der Waals surface area contributed by atoms with Gasteiger partial charge in [-0.3, -0.25) is 4.79 Å². The molecule has 4 nitrogen and oxygen atoms in total. The van der Waals surface area contributed by atoms with Crippen molar-refractivity contribution in [1.82, 2.24) is 10.3 Å². The molecular weight excluding hydrogens is 312 g/mol. The van der Waals surface area contributed by atoms with Crippen LogP contribution in [-0.2, 0) is 6.42 Å². The molecule has 0 saturated heterocycles.